The maximum absolute atomic E-state index is 13.0. The SMILES string of the molecule is CC(C(=O)N1CCN(C(=O)c2ccc(Cl)cc2)CC1)n1cnc2ccccc21. The smallest absolute Gasteiger partial charge is 0.253 e. The summed E-state index contributed by atoms with van der Waals surface area (Å²) in [6.07, 6.45) is 1.72. The summed E-state index contributed by atoms with van der Waals surface area (Å²) in [6, 6.07) is 14.3. The number of rotatable bonds is 3. The number of carbonyl (C=O) groups is 2. The van der Waals surface area contributed by atoms with E-state index >= 15 is 0 Å². The topological polar surface area (TPSA) is 58.4 Å². The fraction of sp³-hybridized carbons (Fsp3) is 0.286. The number of halogens is 1. The van der Waals surface area contributed by atoms with Gasteiger partial charge in [0.15, 0.2) is 0 Å². The molecule has 6 nitrogen and oxygen atoms in total. The molecule has 1 saturated heterocycles. The van der Waals surface area contributed by atoms with Crippen molar-refractivity contribution in [3.05, 3.63) is 65.4 Å². The van der Waals surface area contributed by atoms with Crippen LogP contribution in [0.1, 0.15) is 23.3 Å². The molecule has 1 unspecified atom stereocenters. The zero-order valence-electron chi connectivity index (χ0n) is 15.6. The monoisotopic (exact) mass is 396 g/mol. The van der Waals surface area contributed by atoms with Crippen molar-refractivity contribution < 1.29 is 9.59 Å². The highest BCUT2D eigenvalue weighted by Crippen LogP contribution is 2.20. The van der Waals surface area contributed by atoms with Crippen LogP contribution < -0.4 is 0 Å². The fourth-order valence-electron chi connectivity index (χ4n) is 3.58. The molecule has 0 radical (unpaired) electrons. The van der Waals surface area contributed by atoms with Crippen molar-refractivity contribution in [3.8, 4) is 0 Å². The molecule has 2 heterocycles. The van der Waals surface area contributed by atoms with E-state index in [1.165, 1.54) is 0 Å². The van der Waals surface area contributed by atoms with E-state index in [9.17, 15) is 9.59 Å². The summed E-state index contributed by atoms with van der Waals surface area (Å²) in [5, 5.41) is 0.605. The molecule has 0 N–H and O–H groups in total. The molecule has 1 aliphatic rings. The van der Waals surface area contributed by atoms with Crippen molar-refractivity contribution in [2.24, 2.45) is 0 Å². The van der Waals surface area contributed by atoms with Crippen LogP contribution in [0, 0.1) is 0 Å². The molecule has 2 amide bonds. The van der Waals surface area contributed by atoms with Gasteiger partial charge in [-0.05, 0) is 43.3 Å². The highest BCUT2D eigenvalue weighted by Gasteiger charge is 2.28. The van der Waals surface area contributed by atoms with Crippen LogP contribution in [-0.4, -0.2) is 57.3 Å². The Bertz CT molecular complexity index is 1010. The van der Waals surface area contributed by atoms with Gasteiger partial charge in [0.1, 0.15) is 6.04 Å². The van der Waals surface area contributed by atoms with Gasteiger partial charge in [-0.1, -0.05) is 23.7 Å². The molecule has 7 heteroatoms. The lowest BCUT2D eigenvalue weighted by Crippen LogP contribution is -2.51. The maximum atomic E-state index is 13.0. The number of hydrogen-bond acceptors (Lipinski definition) is 3. The van der Waals surface area contributed by atoms with Gasteiger partial charge in [-0.25, -0.2) is 4.98 Å². The van der Waals surface area contributed by atoms with Crippen LogP contribution in [0.4, 0.5) is 0 Å². The molecule has 4 rings (SSSR count). The number of hydrogen-bond donors (Lipinski definition) is 0. The van der Waals surface area contributed by atoms with Crippen LogP contribution >= 0.6 is 11.6 Å². The van der Waals surface area contributed by atoms with Gasteiger partial charge in [0.05, 0.1) is 17.4 Å². The Kier molecular flexibility index (Phi) is 5.05. The molecule has 0 spiro atoms. The number of fused-ring (bicyclic) bond motifs is 1. The van der Waals surface area contributed by atoms with Gasteiger partial charge in [-0.3, -0.25) is 9.59 Å². The van der Waals surface area contributed by atoms with Crippen molar-refractivity contribution >= 4 is 34.4 Å². The van der Waals surface area contributed by atoms with Crippen LogP contribution in [-0.2, 0) is 4.79 Å². The lowest BCUT2D eigenvalue weighted by Gasteiger charge is -2.36. The molecule has 1 atom stereocenters. The second-order valence-electron chi connectivity index (χ2n) is 6.94. The third-order valence-electron chi connectivity index (χ3n) is 5.23. The Morgan fingerprint density at radius 1 is 0.964 bits per heavy atom. The zero-order valence-corrected chi connectivity index (χ0v) is 16.3. The van der Waals surface area contributed by atoms with Gasteiger partial charge >= 0.3 is 0 Å². The fourth-order valence-corrected chi connectivity index (χ4v) is 3.70. The molecule has 2 aromatic carbocycles. The molecular weight excluding hydrogens is 376 g/mol. The van der Waals surface area contributed by atoms with Crippen LogP contribution in [0.5, 0.6) is 0 Å². The summed E-state index contributed by atoms with van der Waals surface area (Å²) in [5.41, 5.74) is 2.43. The van der Waals surface area contributed by atoms with E-state index in [0.717, 1.165) is 11.0 Å². The number of nitrogens with zero attached hydrogens (tertiary/aromatic N) is 4. The molecule has 144 valence electrons. The maximum Gasteiger partial charge on any atom is 0.253 e. The van der Waals surface area contributed by atoms with Crippen molar-refractivity contribution in [1.82, 2.24) is 19.4 Å². The lowest BCUT2D eigenvalue weighted by molar-refractivity contribution is -0.135. The first kappa shape index (κ1) is 18.5. The van der Waals surface area contributed by atoms with Gasteiger partial charge in [0, 0.05) is 36.8 Å². The minimum Gasteiger partial charge on any atom is -0.337 e. The molecule has 0 saturated carbocycles. The molecule has 0 aliphatic carbocycles. The Labute approximate surface area is 168 Å². The number of carbonyl (C=O) groups excluding carboxylic acids is 2. The summed E-state index contributed by atoms with van der Waals surface area (Å²) in [7, 11) is 0. The molecule has 1 aromatic heterocycles. The predicted octanol–water partition coefficient (Wildman–Crippen LogP) is 3.24. The van der Waals surface area contributed by atoms with Crippen LogP contribution in [0.25, 0.3) is 11.0 Å². The number of aromatic nitrogens is 2. The average molecular weight is 397 g/mol. The quantitative estimate of drug-likeness (QED) is 0.683. The van der Waals surface area contributed by atoms with E-state index in [2.05, 4.69) is 4.98 Å². The summed E-state index contributed by atoms with van der Waals surface area (Å²) in [6.45, 7) is 3.97. The predicted molar refractivity (Wildman–Crippen MR) is 108 cm³/mol. The van der Waals surface area contributed by atoms with E-state index in [1.54, 1.807) is 35.5 Å². The first-order chi connectivity index (χ1) is 13.5. The Hall–Kier alpha value is -2.86. The summed E-state index contributed by atoms with van der Waals surface area (Å²) < 4.78 is 1.91. The molecule has 0 bridgehead atoms. The highest BCUT2D eigenvalue weighted by molar-refractivity contribution is 6.30. The standard InChI is InChI=1S/C21H21ClN4O2/c1-15(26-14-23-18-4-2-3-5-19(18)26)20(27)24-10-12-25(13-11-24)21(28)16-6-8-17(22)9-7-16/h2-9,14-15H,10-13H2,1H3. The van der Waals surface area contributed by atoms with Crippen molar-refractivity contribution in [2.45, 2.75) is 13.0 Å². The number of imidazole rings is 1. The zero-order chi connectivity index (χ0) is 19.7. The Morgan fingerprint density at radius 2 is 1.61 bits per heavy atom. The minimum atomic E-state index is -0.342. The van der Waals surface area contributed by atoms with Gasteiger partial charge in [0.2, 0.25) is 5.91 Å². The van der Waals surface area contributed by atoms with Crippen molar-refractivity contribution in [3.63, 3.8) is 0 Å². The normalized spacial score (nSPS) is 15.6. The van der Waals surface area contributed by atoms with E-state index in [4.69, 9.17) is 11.6 Å². The number of amides is 2. The Balaban J connectivity index is 1.41. The minimum absolute atomic E-state index is 0.0302. The largest absolute Gasteiger partial charge is 0.337 e. The molecule has 3 aromatic rings. The van der Waals surface area contributed by atoms with Crippen molar-refractivity contribution in [2.75, 3.05) is 26.2 Å². The third kappa shape index (κ3) is 3.47. The first-order valence-corrected chi connectivity index (χ1v) is 9.67. The number of benzene rings is 2. The lowest BCUT2D eigenvalue weighted by atomic mass is 10.1. The molecule has 1 aliphatic heterocycles. The molecular formula is C21H21ClN4O2. The van der Waals surface area contributed by atoms with E-state index < -0.39 is 0 Å². The third-order valence-corrected chi connectivity index (χ3v) is 5.48. The van der Waals surface area contributed by atoms with Crippen LogP contribution in [0.15, 0.2) is 54.9 Å². The summed E-state index contributed by atoms with van der Waals surface area (Å²) in [4.78, 5) is 33.6. The van der Waals surface area contributed by atoms with Crippen LogP contribution in [0.3, 0.4) is 0 Å². The first-order valence-electron chi connectivity index (χ1n) is 9.30. The van der Waals surface area contributed by atoms with Gasteiger partial charge in [-0.15, -0.1) is 0 Å². The number of para-hydroxylation sites is 2. The average Bonchev–Trinajstić information content (AvgIpc) is 3.17. The second kappa shape index (κ2) is 7.64. The van der Waals surface area contributed by atoms with Crippen LogP contribution in [0.2, 0.25) is 5.02 Å². The summed E-state index contributed by atoms with van der Waals surface area (Å²) >= 11 is 5.89. The Morgan fingerprint density at radius 3 is 2.32 bits per heavy atom. The summed E-state index contributed by atoms with van der Waals surface area (Å²) in [5.74, 6) is 0.0131. The molecule has 28 heavy (non-hydrogen) atoms. The van der Waals surface area contributed by atoms with E-state index in [0.29, 0.717) is 36.8 Å². The van der Waals surface area contributed by atoms with E-state index in [-0.39, 0.29) is 17.9 Å². The van der Waals surface area contributed by atoms with Crippen molar-refractivity contribution in [1.29, 1.82) is 0 Å². The van der Waals surface area contributed by atoms with Gasteiger partial charge in [0.25, 0.3) is 5.91 Å². The van der Waals surface area contributed by atoms with Gasteiger partial charge < -0.3 is 14.4 Å². The molecule has 1 fully saturated rings. The van der Waals surface area contributed by atoms with Gasteiger partial charge in [-0.2, -0.15) is 0 Å². The highest BCUT2D eigenvalue weighted by atomic mass is 35.5. The number of piperazine rings is 1. The second-order valence-corrected chi connectivity index (χ2v) is 7.38. The van der Waals surface area contributed by atoms with E-state index in [1.807, 2.05) is 40.7 Å².